The summed E-state index contributed by atoms with van der Waals surface area (Å²) in [6.07, 6.45) is 1.59. The van der Waals surface area contributed by atoms with Crippen LogP contribution < -0.4 is 11.1 Å². The lowest BCUT2D eigenvalue weighted by atomic mass is 10.0. The highest BCUT2D eigenvalue weighted by Gasteiger charge is 2.16. The molecule has 1 atom stereocenters. The Labute approximate surface area is 105 Å². The zero-order valence-electron chi connectivity index (χ0n) is 9.67. The number of rotatable bonds is 5. The van der Waals surface area contributed by atoms with E-state index in [1.54, 1.807) is 0 Å². The van der Waals surface area contributed by atoms with E-state index in [2.05, 4.69) is 5.32 Å². The van der Waals surface area contributed by atoms with Crippen molar-refractivity contribution in [1.82, 2.24) is 0 Å². The third kappa shape index (κ3) is 4.32. The van der Waals surface area contributed by atoms with Crippen molar-refractivity contribution in [3.8, 4) is 0 Å². The van der Waals surface area contributed by atoms with Crippen molar-refractivity contribution < 1.29 is 9.18 Å². The van der Waals surface area contributed by atoms with E-state index in [1.165, 1.54) is 18.2 Å². The van der Waals surface area contributed by atoms with Gasteiger partial charge in [0.2, 0.25) is 5.91 Å². The molecule has 0 spiro atoms. The molecule has 0 saturated carbocycles. The molecule has 94 valence electrons. The van der Waals surface area contributed by atoms with Gasteiger partial charge in [0.15, 0.2) is 0 Å². The Morgan fingerprint density at radius 2 is 2.24 bits per heavy atom. The number of anilines is 1. The Morgan fingerprint density at radius 3 is 2.76 bits per heavy atom. The average Bonchev–Trinajstić information content (AvgIpc) is 2.24. The average molecular weight is 259 g/mol. The fourth-order valence-electron chi connectivity index (χ4n) is 1.57. The molecule has 0 radical (unpaired) electrons. The molecule has 0 saturated heterocycles. The summed E-state index contributed by atoms with van der Waals surface area (Å²) in [5, 5.41) is 2.87. The van der Waals surface area contributed by atoms with Crippen LogP contribution in [0.5, 0.6) is 0 Å². The molecule has 1 unspecified atom stereocenters. The lowest BCUT2D eigenvalue weighted by Gasteiger charge is -2.14. The smallest absolute Gasteiger partial charge is 0.228 e. The van der Waals surface area contributed by atoms with E-state index in [1.807, 2.05) is 6.92 Å². The summed E-state index contributed by atoms with van der Waals surface area (Å²) in [6, 6.07) is 3.91. The van der Waals surface area contributed by atoms with Crippen LogP contribution in [0.2, 0.25) is 5.02 Å². The molecule has 0 aliphatic rings. The van der Waals surface area contributed by atoms with Crippen LogP contribution in [0.15, 0.2) is 18.2 Å². The van der Waals surface area contributed by atoms with Crippen LogP contribution in [0.25, 0.3) is 0 Å². The van der Waals surface area contributed by atoms with Crippen LogP contribution in [0.4, 0.5) is 10.1 Å². The summed E-state index contributed by atoms with van der Waals surface area (Å²) in [5.41, 5.74) is 5.87. The lowest BCUT2D eigenvalue weighted by molar-refractivity contribution is -0.119. The van der Waals surface area contributed by atoms with Gasteiger partial charge in [-0.05, 0) is 24.6 Å². The highest BCUT2D eigenvalue weighted by atomic mass is 35.5. The van der Waals surface area contributed by atoms with Crippen molar-refractivity contribution in [3.05, 3.63) is 29.0 Å². The van der Waals surface area contributed by atoms with Crippen molar-refractivity contribution in [2.24, 2.45) is 11.7 Å². The lowest BCUT2D eigenvalue weighted by Crippen LogP contribution is -2.29. The van der Waals surface area contributed by atoms with Crippen molar-refractivity contribution in [3.63, 3.8) is 0 Å². The molecular weight excluding hydrogens is 243 g/mol. The Bertz CT molecular complexity index is 378. The first kappa shape index (κ1) is 13.9. The number of carbonyl (C=O) groups excluding carboxylic acids is 1. The second kappa shape index (κ2) is 6.57. The van der Waals surface area contributed by atoms with Crippen molar-refractivity contribution in [1.29, 1.82) is 0 Å². The molecule has 1 aromatic carbocycles. The third-order valence-corrected chi connectivity index (χ3v) is 2.64. The van der Waals surface area contributed by atoms with Gasteiger partial charge in [-0.3, -0.25) is 4.79 Å². The summed E-state index contributed by atoms with van der Waals surface area (Å²) >= 11 is 5.69. The fraction of sp³-hybridized carbons (Fsp3) is 0.417. The van der Waals surface area contributed by atoms with Gasteiger partial charge in [-0.2, -0.15) is 0 Å². The first-order chi connectivity index (χ1) is 8.06. The number of hydrogen-bond acceptors (Lipinski definition) is 2. The number of benzene rings is 1. The predicted octanol–water partition coefficient (Wildman–Crippen LogP) is 2.79. The summed E-state index contributed by atoms with van der Waals surface area (Å²) in [6.45, 7) is 2.26. The van der Waals surface area contributed by atoms with E-state index in [0.717, 1.165) is 6.42 Å². The minimum Gasteiger partial charge on any atom is -0.330 e. The molecule has 1 aromatic rings. The predicted molar refractivity (Wildman–Crippen MR) is 67.5 cm³/mol. The maximum Gasteiger partial charge on any atom is 0.228 e. The minimum atomic E-state index is -0.479. The van der Waals surface area contributed by atoms with E-state index < -0.39 is 5.82 Å². The maximum absolute atomic E-state index is 13.0. The molecule has 0 aliphatic carbocycles. The molecule has 0 aliphatic heterocycles. The number of nitrogens with two attached hydrogens (primary N) is 1. The molecular formula is C12H16ClFN2O. The van der Waals surface area contributed by atoms with Gasteiger partial charge in [0, 0.05) is 17.3 Å². The molecule has 0 bridgehead atoms. The molecule has 0 fully saturated rings. The largest absolute Gasteiger partial charge is 0.330 e. The van der Waals surface area contributed by atoms with E-state index in [0.29, 0.717) is 12.1 Å². The summed E-state index contributed by atoms with van der Waals surface area (Å²) < 4.78 is 13.0. The summed E-state index contributed by atoms with van der Waals surface area (Å²) in [5.74, 6) is -0.925. The minimum absolute atomic E-state index is 0.198. The van der Waals surface area contributed by atoms with Gasteiger partial charge >= 0.3 is 0 Å². The first-order valence-corrected chi connectivity index (χ1v) is 5.91. The molecule has 1 amide bonds. The van der Waals surface area contributed by atoms with E-state index in [4.69, 9.17) is 17.3 Å². The van der Waals surface area contributed by atoms with Crippen LogP contribution in [-0.2, 0) is 4.79 Å². The second-order valence-electron chi connectivity index (χ2n) is 3.87. The summed E-state index contributed by atoms with van der Waals surface area (Å²) in [7, 11) is 0. The first-order valence-electron chi connectivity index (χ1n) is 5.53. The zero-order chi connectivity index (χ0) is 12.8. The van der Waals surface area contributed by atoms with Gasteiger partial charge in [0.05, 0.1) is 5.92 Å². The normalized spacial score (nSPS) is 12.2. The number of amides is 1. The van der Waals surface area contributed by atoms with Gasteiger partial charge in [0.25, 0.3) is 0 Å². The van der Waals surface area contributed by atoms with Gasteiger partial charge in [-0.1, -0.05) is 24.9 Å². The van der Waals surface area contributed by atoms with Crippen LogP contribution in [0, 0.1) is 11.7 Å². The van der Waals surface area contributed by atoms with Gasteiger partial charge in [-0.25, -0.2) is 4.39 Å². The van der Waals surface area contributed by atoms with Crippen LogP contribution >= 0.6 is 11.6 Å². The number of halogens is 2. The van der Waals surface area contributed by atoms with Crippen LogP contribution in [0.3, 0.4) is 0 Å². The molecule has 3 N–H and O–H groups in total. The maximum atomic E-state index is 13.0. The highest BCUT2D eigenvalue weighted by molar-refractivity contribution is 6.30. The Balaban J connectivity index is 2.72. The van der Waals surface area contributed by atoms with Gasteiger partial charge < -0.3 is 11.1 Å². The quantitative estimate of drug-likeness (QED) is 0.853. The molecule has 17 heavy (non-hydrogen) atoms. The zero-order valence-corrected chi connectivity index (χ0v) is 10.4. The van der Waals surface area contributed by atoms with Crippen LogP contribution in [-0.4, -0.2) is 12.5 Å². The Kier molecular flexibility index (Phi) is 5.38. The summed E-state index contributed by atoms with van der Waals surface area (Å²) in [4.78, 5) is 11.8. The third-order valence-electron chi connectivity index (χ3n) is 2.42. The van der Waals surface area contributed by atoms with E-state index >= 15 is 0 Å². The number of hydrogen-bond donors (Lipinski definition) is 2. The Hall–Kier alpha value is -1.13. The SMILES string of the molecule is CCCC(CN)C(=O)Nc1cc(F)cc(Cl)c1. The van der Waals surface area contributed by atoms with Crippen LogP contribution in [0.1, 0.15) is 19.8 Å². The number of carbonyl (C=O) groups is 1. The second-order valence-corrected chi connectivity index (χ2v) is 4.31. The number of nitrogens with one attached hydrogen (secondary N) is 1. The highest BCUT2D eigenvalue weighted by Crippen LogP contribution is 2.19. The van der Waals surface area contributed by atoms with Gasteiger partial charge in [-0.15, -0.1) is 0 Å². The molecule has 5 heteroatoms. The van der Waals surface area contributed by atoms with Crippen molar-refractivity contribution >= 4 is 23.2 Å². The van der Waals surface area contributed by atoms with E-state index in [-0.39, 0.29) is 23.4 Å². The molecule has 0 heterocycles. The topological polar surface area (TPSA) is 55.1 Å². The standard InChI is InChI=1S/C12H16ClFN2O/c1-2-3-8(7-15)12(17)16-11-5-9(13)4-10(14)6-11/h4-6,8H,2-3,7,15H2,1H3,(H,16,17). The Morgan fingerprint density at radius 1 is 1.53 bits per heavy atom. The van der Waals surface area contributed by atoms with Crippen molar-refractivity contribution in [2.45, 2.75) is 19.8 Å². The molecule has 3 nitrogen and oxygen atoms in total. The van der Waals surface area contributed by atoms with Crippen molar-refractivity contribution in [2.75, 3.05) is 11.9 Å². The molecule has 1 rings (SSSR count). The fourth-order valence-corrected chi connectivity index (χ4v) is 1.80. The van der Waals surface area contributed by atoms with Gasteiger partial charge in [0.1, 0.15) is 5.82 Å². The molecule has 0 aromatic heterocycles. The monoisotopic (exact) mass is 258 g/mol. The van der Waals surface area contributed by atoms with E-state index in [9.17, 15) is 9.18 Å².